The maximum Gasteiger partial charge on any atom is 0.341 e. The predicted octanol–water partition coefficient (Wildman–Crippen LogP) is 3.64. The van der Waals surface area contributed by atoms with Crippen LogP contribution in [0.1, 0.15) is 70.7 Å². The van der Waals surface area contributed by atoms with E-state index in [0.29, 0.717) is 36.6 Å². The zero-order valence-electron chi connectivity index (χ0n) is 20.7. The number of benzene rings is 1. The number of fused-ring (bicyclic) bond motifs is 1. The predicted molar refractivity (Wildman–Crippen MR) is 137 cm³/mol. The van der Waals surface area contributed by atoms with Gasteiger partial charge in [-0.2, -0.15) is 4.31 Å². The van der Waals surface area contributed by atoms with Crippen LogP contribution < -0.4 is 5.32 Å². The Morgan fingerprint density at radius 3 is 2.50 bits per heavy atom. The number of ether oxygens (including phenoxy) is 1. The van der Waals surface area contributed by atoms with Crippen molar-refractivity contribution in [3.8, 4) is 0 Å². The largest absolute Gasteiger partial charge is 0.465 e. The molecule has 0 radical (unpaired) electrons. The summed E-state index contributed by atoms with van der Waals surface area (Å²) >= 11 is 1.25. The highest BCUT2D eigenvalue weighted by atomic mass is 32.2. The molecule has 1 aromatic heterocycles. The van der Waals surface area contributed by atoms with E-state index in [1.54, 1.807) is 9.21 Å². The zero-order valence-corrected chi connectivity index (χ0v) is 22.3. The summed E-state index contributed by atoms with van der Waals surface area (Å²) in [4.78, 5) is 40.1. The van der Waals surface area contributed by atoms with E-state index in [4.69, 9.17) is 4.74 Å². The normalized spacial score (nSPS) is 18.4. The molecular formula is C25H31N3O6S2. The monoisotopic (exact) mass is 533 g/mol. The van der Waals surface area contributed by atoms with Crippen molar-refractivity contribution in [2.45, 2.75) is 63.4 Å². The molecule has 1 aromatic carbocycles. The van der Waals surface area contributed by atoms with Gasteiger partial charge in [0.05, 0.1) is 24.1 Å². The third-order valence-electron chi connectivity index (χ3n) is 6.89. The Bertz CT molecular complexity index is 1270. The second-order valence-electron chi connectivity index (χ2n) is 9.04. The van der Waals surface area contributed by atoms with Crippen LogP contribution in [0.5, 0.6) is 0 Å². The van der Waals surface area contributed by atoms with E-state index >= 15 is 0 Å². The molecule has 1 fully saturated rings. The highest BCUT2D eigenvalue weighted by Gasteiger charge is 2.33. The number of esters is 1. The average Bonchev–Trinajstić information content (AvgIpc) is 3.25. The maximum atomic E-state index is 13.2. The number of hydrogen-bond donors (Lipinski definition) is 1. The molecule has 36 heavy (non-hydrogen) atoms. The van der Waals surface area contributed by atoms with E-state index in [0.717, 1.165) is 36.1 Å². The van der Waals surface area contributed by atoms with Crippen molar-refractivity contribution in [2.75, 3.05) is 25.5 Å². The van der Waals surface area contributed by atoms with Gasteiger partial charge in [0.25, 0.3) is 5.91 Å². The lowest BCUT2D eigenvalue weighted by atomic mass is 10.0. The fraction of sp³-hybridized carbons (Fsp3) is 0.480. The van der Waals surface area contributed by atoms with Crippen LogP contribution in [-0.2, 0) is 32.5 Å². The molecule has 2 amide bonds. The number of carbonyl (C=O) groups excluding carboxylic acids is 3. The molecule has 1 saturated heterocycles. The summed E-state index contributed by atoms with van der Waals surface area (Å²) < 4.78 is 33.0. The molecule has 1 N–H and O–H groups in total. The number of piperidine rings is 1. The number of rotatable bonds is 6. The number of anilines is 1. The van der Waals surface area contributed by atoms with E-state index in [-0.39, 0.29) is 22.4 Å². The molecule has 1 atom stereocenters. The fourth-order valence-electron chi connectivity index (χ4n) is 4.87. The molecule has 11 heteroatoms. The Labute approximate surface area is 215 Å². The average molecular weight is 534 g/mol. The first-order chi connectivity index (χ1) is 17.2. The lowest BCUT2D eigenvalue weighted by Crippen LogP contribution is -2.43. The van der Waals surface area contributed by atoms with Crippen molar-refractivity contribution in [1.82, 2.24) is 9.21 Å². The van der Waals surface area contributed by atoms with Crippen molar-refractivity contribution >= 4 is 44.1 Å². The van der Waals surface area contributed by atoms with Gasteiger partial charge in [0.1, 0.15) is 5.00 Å². The summed E-state index contributed by atoms with van der Waals surface area (Å²) in [6.07, 6.45) is 3.97. The lowest BCUT2D eigenvalue weighted by molar-refractivity contribution is -0.129. The number of sulfonamides is 1. The number of hydrogen-bond acceptors (Lipinski definition) is 7. The van der Waals surface area contributed by atoms with Crippen LogP contribution in [0.15, 0.2) is 29.2 Å². The first kappa shape index (κ1) is 26.3. The molecule has 0 bridgehead atoms. The van der Waals surface area contributed by atoms with E-state index in [2.05, 4.69) is 5.32 Å². The molecule has 2 aliphatic rings. The lowest BCUT2D eigenvalue weighted by Gasteiger charge is -2.34. The van der Waals surface area contributed by atoms with Crippen molar-refractivity contribution in [3.63, 3.8) is 0 Å². The third-order valence-corrected chi connectivity index (χ3v) is 9.98. The number of nitrogens with zero attached hydrogens (tertiary/aromatic N) is 2. The van der Waals surface area contributed by atoms with E-state index in [1.807, 2.05) is 6.92 Å². The van der Waals surface area contributed by atoms with Crippen LogP contribution in [0.25, 0.3) is 0 Å². The Morgan fingerprint density at radius 2 is 1.86 bits per heavy atom. The molecular weight excluding hydrogens is 502 g/mol. The Balaban J connectivity index is 1.56. The first-order valence-corrected chi connectivity index (χ1v) is 14.3. The summed E-state index contributed by atoms with van der Waals surface area (Å²) in [5, 5.41) is 3.16. The second-order valence-corrected chi connectivity index (χ2v) is 12.0. The fourth-order valence-corrected chi connectivity index (χ4v) is 7.88. The van der Waals surface area contributed by atoms with E-state index in [9.17, 15) is 22.8 Å². The van der Waals surface area contributed by atoms with E-state index in [1.165, 1.54) is 49.6 Å². The molecule has 2 aromatic rings. The number of amides is 2. The van der Waals surface area contributed by atoms with Crippen molar-refractivity contribution in [3.05, 3.63) is 45.8 Å². The number of nitrogens with one attached hydrogen (secondary N) is 1. The van der Waals surface area contributed by atoms with Crippen LogP contribution >= 0.6 is 11.3 Å². The van der Waals surface area contributed by atoms with Crippen LogP contribution in [0.2, 0.25) is 0 Å². The molecule has 3 heterocycles. The van der Waals surface area contributed by atoms with Crippen molar-refractivity contribution in [2.24, 2.45) is 0 Å². The van der Waals surface area contributed by atoms with Gasteiger partial charge in [0.2, 0.25) is 15.9 Å². The summed E-state index contributed by atoms with van der Waals surface area (Å²) in [6, 6.07) is 5.87. The van der Waals surface area contributed by atoms with Gasteiger partial charge >= 0.3 is 5.97 Å². The molecule has 0 saturated carbocycles. The van der Waals surface area contributed by atoms with Gasteiger partial charge in [0, 0.05) is 36.5 Å². The number of thiophene rings is 1. The highest BCUT2D eigenvalue weighted by Crippen LogP contribution is 2.38. The highest BCUT2D eigenvalue weighted by molar-refractivity contribution is 7.89. The minimum absolute atomic E-state index is 0.00717. The van der Waals surface area contributed by atoms with Gasteiger partial charge in [-0.05, 0) is 55.5 Å². The maximum absolute atomic E-state index is 13.2. The molecule has 194 valence electrons. The molecule has 9 nitrogen and oxygen atoms in total. The molecule has 0 spiro atoms. The van der Waals surface area contributed by atoms with Crippen molar-refractivity contribution < 1.29 is 27.5 Å². The summed E-state index contributed by atoms with van der Waals surface area (Å²) in [6.45, 7) is 4.86. The van der Waals surface area contributed by atoms with Gasteiger partial charge in [-0.1, -0.05) is 13.3 Å². The molecule has 4 rings (SSSR count). The second kappa shape index (κ2) is 10.7. The number of carbonyl (C=O) groups is 3. The Kier molecular flexibility index (Phi) is 7.82. The van der Waals surface area contributed by atoms with E-state index < -0.39 is 21.9 Å². The first-order valence-electron chi connectivity index (χ1n) is 12.1. The Morgan fingerprint density at radius 1 is 1.14 bits per heavy atom. The zero-order chi connectivity index (χ0) is 26.0. The quantitative estimate of drug-likeness (QED) is 0.567. The summed E-state index contributed by atoms with van der Waals surface area (Å²) in [7, 11) is -2.37. The summed E-state index contributed by atoms with van der Waals surface area (Å²) in [5.41, 5.74) is 1.37. The number of methoxy groups -OCH3 is 1. The van der Waals surface area contributed by atoms with Gasteiger partial charge in [-0.25, -0.2) is 13.2 Å². The minimum Gasteiger partial charge on any atom is -0.465 e. The van der Waals surface area contributed by atoms with Crippen LogP contribution in [0.4, 0.5) is 5.00 Å². The van der Waals surface area contributed by atoms with Crippen LogP contribution in [0, 0.1) is 0 Å². The summed E-state index contributed by atoms with van der Waals surface area (Å²) in [5.74, 6) is -1.06. The van der Waals surface area contributed by atoms with Crippen LogP contribution in [0.3, 0.4) is 0 Å². The molecule has 0 aliphatic carbocycles. The van der Waals surface area contributed by atoms with Crippen molar-refractivity contribution in [1.29, 1.82) is 0 Å². The molecule has 2 aliphatic heterocycles. The SMILES string of the molecule is CCC1CCCCN1S(=O)(=O)c1ccc(C(=O)Nc2sc3c(c2C(=O)OC)CCN(C(C)=O)C3)cc1. The third kappa shape index (κ3) is 5.05. The van der Waals surface area contributed by atoms with Crippen LogP contribution in [-0.4, -0.2) is 61.6 Å². The molecule has 1 unspecified atom stereocenters. The minimum atomic E-state index is -3.65. The van der Waals surface area contributed by atoms with Gasteiger partial charge in [0.15, 0.2) is 0 Å². The topological polar surface area (TPSA) is 113 Å². The van der Waals surface area contributed by atoms with Gasteiger partial charge in [-0.15, -0.1) is 11.3 Å². The standard InChI is InChI=1S/C25H31N3O6S2/c1-4-18-7-5-6-13-28(18)36(32,33)19-10-8-17(9-11-19)23(30)26-24-22(25(31)34-3)20-12-14-27(16(2)29)15-21(20)35-24/h8-11,18H,4-7,12-15H2,1-3H3,(H,26,30). The smallest absolute Gasteiger partial charge is 0.341 e. The Hall–Kier alpha value is -2.76. The van der Waals surface area contributed by atoms with Gasteiger partial charge < -0.3 is 15.0 Å². The van der Waals surface area contributed by atoms with Gasteiger partial charge in [-0.3, -0.25) is 9.59 Å².